The number of hydrogen-bond acceptors (Lipinski definition) is 5. The summed E-state index contributed by atoms with van der Waals surface area (Å²) in [6, 6.07) is 3.07. The number of rotatable bonds is 6. The zero-order chi connectivity index (χ0) is 15.7. The fraction of sp³-hybridized carbons (Fsp3) is 0.643. The molecule has 1 fully saturated rings. The highest BCUT2D eigenvalue weighted by Gasteiger charge is 2.50. The van der Waals surface area contributed by atoms with Crippen molar-refractivity contribution in [3.8, 4) is 0 Å². The molecule has 1 aromatic heterocycles. The highest BCUT2D eigenvalue weighted by Crippen LogP contribution is 2.43. The van der Waals surface area contributed by atoms with E-state index in [2.05, 4.69) is 15.0 Å². The molecular formula is C14H23N3O3S. The lowest BCUT2D eigenvalue weighted by Crippen LogP contribution is -2.61. The first-order valence-corrected chi connectivity index (χ1v) is 8.57. The first-order chi connectivity index (χ1) is 9.81. The number of nitrogens with zero attached hydrogens (tertiary/aromatic N) is 1. The molecule has 0 amide bonds. The molecule has 7 heteroatoms. The summed E-state index contributed by atoms with van der Waals surface area (Å²) < 4.78 is 33.1. The highest BCUT2D eigenvalue weighted by molar-refractivity contribution is 7.89. The zero-order valence-corrected chi connectivity index (χ0v) is 13.7. The van der Waals surface area contributed by atoms with Crippen molar-refractivity contribution in [2.75, 3.05) is 19.0 Å². The Labute approximate surface area is 126 Å². The molecule has 1 saturated carbocycles. The summed E-state index contributed by atoms with van der Waals surface area (Å²) in [6.45, 7) is 6.63. The number of sulfonamides is 1. The van der Waals surface area contributed by atoms with Crippen molar-refractivity contribution in [2.45, 2.75) is 44.2 Å². The third kappa shape index (κ3) is 3.20. The van der Waals surface area contributed by atoms with Gasteiger partial charge < -0.3 is 10.1 Å². The molecule has 6 nitrogen and oxygen atoms in total. The van der Waals surface area contributed by atoms with E-state index in [-0.39, 0.29) is 22.5 Å². The topological polar surface area (TPSA) is 80.3 Å². The molecule has 0 radical (unpaired) electrons. The molecular weight excluding hydrogens is 290 g/mol. The van der Waals surface area contributed by atoms with Gasteiger partial charge in [0.1, 0.15) is 10.7 Å². The van der Waals surface area contributed by atoms with Crippen molar-refractivity contribution < 1.29 is 13.2 Å². The van der Waals surface area contributed by atoms with Crippen LogP contribution in [0.1, 0.15) is 27.2 Å². The zero-order valence-electron chi connectivity index (χ0n) is 12.9. The number of ether oxygens (including phenoxy) is 1. The van der Waals surface area contributed by atoms with Crippen LogP contribution in [0.2, 0.25) is 0 Å². The Morgan fingerprint density at radius 2 is 2.14 bits per heavy atom. The smallest absolute Gasteiger partial charge is 0.242 e. The lowest BCUT2D eigenvalue weighted by Gasteiger charge is -2.51. The van der Waals surface area contributed by atoms with Crippen molar-refractivity contribution in [3.05, 3.63) is 18.3 Å². The van der Waals surface area contributed by atoms with Gasteiger partial charge in [-0.05, 0) is 25.5 Å². The van der Waals surface area contributed by atoms with E-state index in [1.165, 1.54) is 6.20 Å². The van der Waals surface area contributed by atoms with E-state index >= 15 is 0 Å². The van der Waals surface area contributed by atoms with Gasteiger partial charge in [0.05, 0.1) is 6.10 Å². The Balaban J connectivity index is 2.08. The Morgan fingerprint density at radius 1 is 1.43 bits per heavy atom. The van der Waals surface area contributed by atoms with Crippen LogP contribution in [-0.4, -0.2) is 39.2 Å². The van der Waals surface area contributed by atoms with E-state index in [1.54, 1.807) is 19.2 Å². The van der Waals surface area contributed by atoms with Crippen LogP contribution in [0.3, 0.4) is 0 Å². The second kappa shape index (κ2) is 5.90. The minimum atomic E-state index is -3.55. The van der Waals surface area contributed by atoms with Gasteiger partial charge >= 0.3 is 0 Å². The van der Waals surface area contributed by atoms with Gasteiger partial charge in [0.2, 0.25) is 10.0 Å². The molecule has 1 aromatic rings. The van der Waals surface area contributed by atoms with Gasteiger partial charge in [-0.25, -0.2) is 18.1 Å². The van der Waals surface area contributed by atoms with E-state index in [0.29, 0.717) is 18.8 Å². The maximum Gasteiger partial charge on any atom is 0.242 e. The van der Waals surface area contributed by atoms with Crippen LogP contribution in [0.5, 0.6) is 0 Å². The van der Waals surface area contributed by atoms with Crippen LogP contribution in [0.4, 0.5) is 5.82 Å². The standard InChI is InChI=1S/C14H23N3O3S/c1-5-20-12-8-11(14(12,2)3)17-21(18,19)10-6-7-13(15-4)16-9-10/h6-7,9,11-12,17H,5,8H2,1-4H3,(H,15,16). The molecule has 2 N–H and O–H groups in total. The number of hydrogen-bond donors (Lipinski definition) is 2. The van der Waals surface area contributed by atoms with Crippen LogP contribution in [0.25, 0.3) is 0 Å². The van der Waals surface area contributed by atoms with E-state index < -0.39 is 10.0 Å². The van der Waals surface area contributed by atoms with E-state index in [1.807, 2.05) is 20.8 Å². The Morgan fingerprint density at radius 3 is 2.62 bits per heavy atom. The second-order valence-electron chi connectivity index (χ2n) is 5.80. The third-order valence-corrected chi connectivity index (χ3v) is 5.60. The van der Waals surface area contributed by atoms with Gasteiger partial charge in [0.25, 0.3) is 0 Å². The number of anilines is 1. The summed E-state index contributed by atoms with van der Waals surface area (Å²) in [5.41, 5.74) is -0.207. The van der Waals surface area contributed by atoms with Crippen molar-refractivity contribution in [3.63, 3.8) is 0 Å². The molecule has 21 heavy (non-hydrogen) atoms. The number of aromatic nitrogens is 1. The van der Waals surface area contributed by atoms with Crippen LogP contribution in [0.15, 0.2) is 23.2 Å². The molecule has 2 rings (SSSR count). The summed E-state index contributed by atoms with van der Waals surface area (Å²) in [5.74, 6) is 0.634. The minimum Gasteiger partial charge on any atom is -0.378 e. The fourth-order valence-corrected chi connectivity index (χ4v) is 3.86. The maximum absolute atomic E-state index is 12.4. The van der Waals surface area contributed by atoms with Crippen LogP contribution >= 0.6 is 0 Å². The van der Waals surface area contributed by atoms with E-state index in [0.717, 1.165) is 0 Å². The second-order valence-corrected chi connectivity index (χ2v) is 7.52. The van der Waals surface area contributed by atoms with E-state index in [4.69, 9.17) is 4.74 Å². The van der Waals surface area contributed by atoms with Gasteiger partial charge in [0.15, 0.2) is 0 Å². The Hall–Kier alpha value is -1.18. The highest BCUT2D eigenvalue weighted by atomic mass is 32.2. The van der Waals surface area contributed by atoms with Crippen molar-refractivity contribution in [2.24, 2.45) is 5.41 Å². The van der Waals surface area contributed by atoms with Crippen LogP contribution < -0.4 is 10.0 Å². The molecule has 1 aliphatic rings. The average Bonchev–Trinajstić information content (AvgIpc) is 2.46. The molecule has 2 atom stereocenters. The summed E-state index contributed by atoms with van der Waals surface area (Å²) in [4.78, 5) is 4.22. The van der Waals surface area contributed by atoms with Crippen molar-refractivity contribution in [1.29, 1.82) is 0 Å². The SMILES string of the molecule is CCOC1CC(NS(=O)(=O)c2ccc(NC)nc2)C1(C)C. The van der Waals surface area contributed by atoms with Gasteiger partial charge in [-0.1, -0.05) is 13.8 Å². The van der Waals surface area contributed by atoms with Crippen molar-refractivity contribution in [1.82, 2.24) is 9.71 Å². The largest absolute Gasteiger partial charge is 0.378 e. The van der Waals surface area contributed by atoms with E-state index in [9.17, 15) is 8.42 Å². The number of pyridine rings is 1. The first kappa shape index (κ1) is 16.2. The van der Waals surface area contributed by atoms with Crippen molar-refractivity contribution >= 4 is 15.8 Å². The quantitative estimate of drug-likeness (QED) is 0.834. The Bertz CT molecular complexity index is 584. The molecule has 0 aromatic carbocycles. The monoisotopic (exact) mass is 313 g/mol. The number of nitrogens with one attached hydrogen (secondary N) is 2. The van der Waals surface area contributed by atoms with Gasteiger partial charge in [-0.2, -0.15) is 0 Å². The average molecular weight is 313 g/mol. The molecule has 1 aliphatic carbocycles. The maximum atomic E-state index is 12.4. The van der Waals surface area contributed by atoms with Gasteiger partial charge in [0, 0.05) is 31.3 Å². The van der Waals surface area contributed by atoms with Gasteiger partial charge in [-0.15, -0.1) is 0 Å². The Kier molecular flexibility index (Phi) is 4.55. The van der Waals surface area contributed by atoms with Crippen LogP contribution in [-0.2, 0) is 14.8 Å². The predicted octanol–water partition coefficient (Wildman–Crippen LogP) is 1.61. The summed E-state index contributed by atoms with van der Waals surface area (Å²) in [6.07, 6.45) is 2.15. The summed E-state index contributed by atoms with van der Waals surface area (Å²) in [7, 11) is -1.81. The fourth-order valence-electron chi connectivity index (χ4n) is 2.51. The predicted molar refractivity (Wildman–Crippen MR) is 81.7 cm³/mol. The molecule has 1 heterocycles. The summed E-state index contributed by atoms with van der Waals surface area (Å²) in [5, 5.41) is 2.86. The normalized spacial score (nSPS) is 24.4. The van der Waals surface area contributed by atoms with Gasteiger partial charge in [-0.3, -0.25) is 0 Å². The third-order valence-electron chi connectivity index (χ3n) is 4.15. The lowest BCUT2D eigenvalue weighted by molar-refractivity contribution is -0.108. The lowest BCUT2D eigenvalue weighted by atomic mass is 9.65. The molecule has 0 spiro atoms. The first-order valence-electron chi connectivity index (χ1n) is 7.09. The molecule has 0 bridgehead atoms. The molecule has 2 unspecified atom stereocenters. The molecule has 118 valence electrons. The molecule has 0 aliphatic heterocycles. The van der Waals surface area contributed by atoms with Crippen LogP contribution in [0, 0.1) is 5.41 Å². The minimum absolute atomic E-state index is 0.0972. The summed E-state index contributed by atoms with van der Waals surface area (Å²) >= 11 is 0. The molecule has 0 saturated heterocycles.